The normalized spacial score (nSPS) is 17.2. The fraction of sp³-hybridized carbons (Fsp3) is 0.632. The van der Waals surface area contributed by atoms with Crippen LogP contribution in [0.5, 0.6) is 0 Å². The first-order valence-electron chi connectivity index (χ1n) is 9.13. The molecule has 1 aromatic rings. The van der Waals surface area contributed by atoms with E-state index in [1.165, 1.54) is 12.1 Å². The summed E-state index contributed by atoms with van der Waals surface area (Å²) < 4.78 is 43.3. The molecule has 0 spiro atoms. The van der Waals surface area contributed by atoms with E-state index in [-0.39, 0.29) is 29.5 Å². The van der Waals surface area contributed by atoms with Crippen molar-refractivity contribution in [2.45, 2.75) is 31.0 Å². The number of benzene rings is 1. The van der Waals surface area contributed by atoms with E-state index in [0.717, 1.165) is 50.3 Å². The van der Waals surface area contributed by atoms with Crippen LogP contribution >= 0.6 is 24.0 Å². The molecule has 0 amide bonds. The van der Waals surface area contributed by atoms with Gasteiger partial charge in [0.1, 0.15) is 0 Å². The van der Waals surface area contributed by atoms with Crippen LogP contribution < -0.4 is 10.6 Å². The Kier molecular flexibility index (Phi) is 9.99. The van der Waals surface area contributed by atoms with Crippen molar-refractivity contribution in [1.29, 1.82) is 0 Å². The predicted molar refractivity (Wildman–Crippen MR) is 116 cm³/mol. The van der Waals surface area contributed by atoms with Gasteiger partial charge in [-0.15, -0.1) is 24.0 Å². The zero-order valence-electron chi connectivity index (χ0n) is 16.6. The Hall–Kier alpha value is -1.07. The van der Waals surface area contributed by atoms with Crippen LogP contribution in [0.3, 0.4) is 0 Å². The van der Waals surface area contributed by atoms with E-state index in [9.17, 15) is 13.2 Å². The number of ether oxygens (including phenoxy) is 1. The van der Waals surface area contributed by atoms with Gasteiger partial charge in [0, 0.05) is 38.9 Å². The van der Waals surface area contributed by atoms with Crippen molar-refractivity contribution in [2.75, 3.05) is 47.4 Å². The SMILES string of the molecule is CN=C(NCCc1ccc(C(F)(F)F)cc1)NCC1(N(C)C)CCOCC1.I. The highest BCUT2D eigenvalue weighted by Gasteiger charge is 2.34. The monoisotopic (exact) mass is 514 g/mol. The Bertz CT molecular complexity index is 615. The lowest BCUT2D eigenvalue weighted by molar-refractivity contribution is -0.137. The molecule has 0 aliphatic carbocycles. The quantitative estimate of drug-likeness (QED) is 0.348. The molecule has 0 unspecified atom stereocenters. The number of alkyl halides is 3. The molecular formula is C19H30F3IN4O. The minimum Gasteiger partial charge on any atom is -0.381 e. The zero-order chi connectivity index (χ0) is 19.9. The van der Waals surface area contributed by atoms with E-state index < -0.39 is 11.7 Å². The lowest BCUT2D eigenvalue weighted by Crippen LogP contribution is -2.57. The largest absolute Gasteiger partial charge is 0.416 e. The molecule has 0 saturated carbocycles. The third-order valence-electron chi connectivity index (χ3n) is 5.17. The fourth-order valence-electron chi connectivity index (χ4n) is 3.19. The van der Waals surface area contributed by atoms with E-state index >= 15 is 0 Å². The first kappa shape index (κ1) is 25.0. The number of rotatable bonds is 6. The Morgan fingerprint density at radius 2 is 1.75 bits per heavy atom. The summed E-state index contributed by atoms with van der Waals surface area (Å²) >= 11 is 0. The molecule has 1 saturated heterocycles. The van der Waals surface area contributed by atoms with Crippen LogP contribution in [0.1, 0.15) is 24.0 Å². The van der Waals surface area contributed by atoms with Gasteiger partial charge in [-0.3, -0.25) is 4.99 Å². The molecule has 1 aliphatic rings. The van der Waals surface area contributed by atoms with E-state index in [0.29, 0.717) is 18.9 Å². The van der Waals surface area contributed by atoms with Crippen molar-refractivity contribution in [3.63, 3.8) is 0 Å². The Balaban J connectivity index is 0.00000392. The molecule has 1 aliphatic heterocycles. The number of guanidine groups is 1. The van der Waals surface area contributed by atoms with Crippen molar-refractivity contribution < 1.29 is 17.9 Å². The maximum atomic E-state index is 12.6. The fourth-order valence-corrected chi connectivity index (χ4v) is 3.19. The second-order valence-electron chi connectivity index (χ2n) is 7.03. The molecule has 5 nitrogen and oxygen atoms in total. The van der Waals surface area contributed by atoms with Crippen molar-refractivity contribution in [3.8, 4) is 0 Å². The molecule has 28 heavy (non-hydrogen) atoms. The average Bonchev–Trinajstić information content (AvgIpc) is 2.64. The van der Waals surface area contributed by atoms with Gasteiger partial charge in [-0.25, -0.2) is 0 Å². The summed E-state index contributed by atoms with van der Waals surface area (Å²) in [6.07, 6.45) is -1.77. The maximum absolute atomic E-state index is 12.6. The van der Waals surface area contributed by atoms with Crippen LogP contribution in [0.4, 0.5) is 13.2 Å². The number of hydrogen-bond donors (Lipinski definition) is 2. The molecule has 0 aromatic heterocycles. The van der Waals surface area contributed by atoms with Crippen molar-refractivity contribution in [2.24, 2.45) is 4.99 Å². The molecule has 1 fully saturated rings. The molecule has 160 valence electrons. The molecule has 0 atom stereocenters. The first-order chi connectivity index (χ1) is 12.8. The average molecular weight is 514 g/mol. The molecule has 1 heterocycles. The van der Waals surface area contributed by atoms with Crippen LogP contribution in [0.15, 0.2) is 29.3 Å². The Morgan fingerprint density at radius 3 is 2.25 bits per heavy atom. The van der Waals surface area contributed by atoms with Gasteiger partial charge in [-0.1, -0.05) is 12.1 Å². The third kappa shape index (κ3) is 7.07. The molecule has 1 aromatic carbocycles. The molecule has 9 heteroatoms. The summed E-state index contributed by atoms with van der Waals surface area (Å²) in [7, 11) is 5.86. The number of halogens is 4. The summed E-state index contributed by atoms with van der Waals surface area (Å²) in [5, 5.41) is 6.59. The van der Waals surface area contributed by atoms with E-state index in [4.69, 9.17) is 4.74 Å². The topological polar surface area (TPSA) is 48.9 Å². The van der Waals surface area contributed by atoms with Crippen LogP contribution in [-0.2, 0) is 17.3 Å². The summed E-state index contributed by atoms with van der Waals surface area (Å²) in [5.74, 6) is 0.689. The Labute approximate surface area is 182 Å². The number of hydrogen-bond acceptors (Lipinski definition) is 3. The van der Waals surface area contributed by atoms with Crippen LogP contribution in [-0.4, -0.2) is 63.8 Å². The smallest absolute Gasteiger partial charge is 0.381 e. The highest BCUT2D eigenvalue weighted by Crippen LogP contribution is 2.29. The lowest BCUT2D eigenvalue weighted by atomic mass is 9.88. The van der Waals surface area contributed by atoms with Crippen molar-refractivity contribution >= 4 is 29.9 Å². The minimum atomic E-state index is -4.30. The predicted octanol–water partition coefficient (Wildman–Crippen LogP) is 3.14. The summed E-state index contributed by atoms with van der Waals surface area (Å²) in [4.78, 5) is 6.47. The van der Waals surface area contributed by atoms with Gasteiger partial charge in [0.05, 0.1) is 5.56 Å². The second kappa shape index (κ2) is 11.2. The van der Waals surface area contributed by atoms with Crippen LogP contribution in [0, 0.1) is 0 Å². The summed E-state index contributed by atoms with van der Waals surface area (Å²) in [6.45, 7) is 2.84. The zero-order valence-corrected chi connectivity index (χ0v) is 18.9. The summed E-state index contributed by atoms with van der Waals surface area (Å²) in [5.41, 5.74) is 0.255. The lowest BCUT2D eigenvalue weighted by Gasteiger charge is -2.43. The number of likely N-dealkylation sites (N-methyl/N-ethyl adjacent to an activating group) is 1. The van der Waals surface area contributed by atoms with E-state index in [2.05, 4.69) is 34.6 Å². The van der Waals surface area contributed by atoms with Gasteiger partial charge in [0.25, 0.3) is 0 Å². The Morgan fingerprint density at radius 1 is 1.14 bits per heavy atom. The number of nitrogens with zero attached hydrogens (tertiary/aromatic N) is 2. The maximum Gasteiger partial charge on any atom is 0.416 e. The standard InChI is InChI=1S/C19H29F3N4O.HI/c1-23-17(25-14-18(26(2)3)9-12-27-13-10-18)24-11-8-15-4-6-16(7-5-15)19(20,21)22;/h4-7H,8-14H2,1-3H3,(H2,23,24,25);1H. The molecule has 2 rings (SSSR count). The first-order valence-corrected chi connectivity index (χ1v) is 9.13. The van der Waals surface area contributed by atoms with Crippen molar-refractivity contribution in [3.05, 3.63) is 35.4 Å². The van der Waals surface area contributed by atoms with Crippen LogP contribution in [0.25, 0.3) is 0 Å². The number of aliphatic imine (C=N–C) groups is 1. The highest BCUT2D eigenvalue weighted by molar-refractivity contribution is 14.0. The molecule has 2 N–H and O–H groups in total. The van der Waals surface area contributed by atoms with Gasteiger partial charge >= 0.3 is 6.18 Å². The summed E-state index contributed by atoms with van der Waals surface area (Å²) in [6, 6.07) is 5.27. The van der Waals surface area contributed by atoms with Gasteiger partial charge in [0.15, 0.2) is 5.96 Å². The minimum absolute atomic E-state index is 0. The van der Waals surface area contributed by atoms with Gasteiger partial charge < -0.3 is 20.3 Å². The van der Waals surface area contributed by atoms with E-state index in [1.54, 1.807) is 7.05 Å². The van der Waals surface area contributed by atoms with Crippen molar-refractivity contribution in [1.82, 2.24) is 15.5 Å². The highest BCUT2D eigenvalue weighted by atomic mass is 127. The second-order valence-corrected chi connectivity index (χ2v) is 7.03. The number of nitrogens with one attached hydrogen (secondary N) is 2. The van der Waals surface area contributed by atoms with Crippen LogP contribution in [0.2, 0.25) is 0 Å². The van der Waals surface area contributed by atoms with Gasteiger partial charge in [0.2, 0.25) is 0 Å². The van der Waals surface area contributed by atoms with E-state index in [1.807, 2.05) is 0 Å². The van der Waals surface area contributed by atoms with Gasteiger partial charge in [-0.2, -0.15) is 13.2 Å². The molecule has 0 radical (unpaired) electrons. The third-order valence-corrected chi connectivity index (χ3v) is 5.17. The molecule has 0 bridgehead atoms. The van der Waals surface area contributed by atoms with Gasteiger partial charge in [-0.05, 0) is 51.1 Å². The molecular weight excluding hydrogens is 484 g/mol.